The zero-order chi connectivity index (χ0) is 46.5. The highest BCUT2D eigenvalue weighted by molar-refractivity contribution is 7.47. The number of aliphatic hydroxyl groups excluding tert-OH is 1. The topological polar surface area (TPSA) is 192 Å². The van der Waals surface area contributed by atoms with E-state index in [-0.39, 0.29) is 12.8 Å². The van der Waals surface area contributed by atoms with Crippen molar-refractivity contribution in [3.8, 4) is 0 Å². The zero-order valence-electron chi connectivity index (χ0n) is 38.0. The summed E-state index contributed by atoms with van der Waals surface area (Å²) in [6.07, 6.45) is 54.6. The van der Waals surface area contributed by atoms with E-state index in [0.717, 1.165) is 64.2 Å². The molecular weight excluding hydrogens is 822 g/mol. The number of hydrogen-bond donors (Lipinski definition) is 4. The molecule has 0 aromatic heterocycles. The molecule has 0 saturated carbocycles. The molecule has 2 unspecified atom stereocenters. The largest absolute Gasteiger partial charge is 0.480 e. The molecule has 0 rings (SSSR count). The molecule has 0 aliphatic rings. The Hall–Kier alpha value is -4.16. The number of rotatable bonds is 40. The van der Waals surface area contributed by atoms with Crippen molar-refractivity contribution in [1.29, 1.82) is 0 Å². The van der Waals surface area contributed by atoms with Gasteiger partial charge in [-0.3, -0.25) is 23.4 Å². The predicted octanol–water partition coefficient (Wildman–Crippen LogP) is 11.4. The molecule has 0 aliphatic heterocycles. The number of aliphatic carboxylic acids is 1. The molecule has 0 aromatic carbocycles. The van der Waals surface area contributed by atoms with Gasteiger partial charge in [0.25, 0.3) is 0 Å². The molecule has 0 fully saturated rings. The Morgan fingerprint density at radius 3 is 1.67 bits per heavy atom. The highest BCUT2D eigenvalue weighted by atomic mass is 31.2. The molecule has 0 spiro atoms. The normalized spacial score (nSPS) is 15.3. The standard InChI is InChI=1S/C50H78NO11P/c1-3-5-7-8-9-10-11-12-13-14-15-16-17-20-23-26-29-32-36-40-48(53)59-42-46(43-60-63(57,58)61-44-47(51)50(55)56)62-49(54)41-37-33-30-27-24-21-18-19-22-25-28-31-35-39-45(52)38-34-6-4-2/h6,9-10,12-13,15-16,19-24,28,30-31,33-35,39,45-47,52H,3-5,7-8,11,14,17-18,25-27,29,32,36-38,40-44,51H2,1-2H3,(H,55,56)(H,57,58)/b10-9-,13-12-,16-15-,22-19-,23-20-,24-21-,31-28+,33-30-,34-6-,39-35+/t45?,46-,47+/m1/s1. The summed E-state index contributed by atoms with van der Waals surface area (Å²) in [5, 5.41) is 18.7. The fraction of sp³-hybridized carbons (Fsp3) is 0.540. The van der Waals surface area contributed by atoms with E-state index in [9.17, 15) is 28.9 Å². The molecule has 13 heteroatoms. The van der Waals surface area contributed by atoms with Crippen LogP contribution in [0.1, 0.15) is 136 Å². The van der Waals surface area contributed by atoms with Crippen LogP contribution >= 0.6 is 7.82 Å². The lowest BCUT2D eigenvalue weighted by Crippen LogP contribution is -2.34. The molecule has 0 aliphatic carbocycles. The number of carboxylic acids is 1. The van der Waals surface area contributed by atoms with Crippen LogP contribution < -0.4 is 5.73 Å². The van der Waals surface area contributed by atoms with Crippen LogP contribution in [0.5, 0.6) is 0 Å². The summed E-state index contributed by atoms with van der Waals surface area (Å²) in [5.74, 6) is -2.57. The Balaban J connectivity index is 4.59. The van der Waals surface area contributed by atoms with Gasteiger partial charge in [-0.1, -0.05) is 155 Å². The van der Waals surface area contributed by atoms with E-state index in [0.29, 0.717) is 25.7 Å². The minimum atomic E-state index is -4.77. The fourth-order valence-corrected chi connectivity index (χ4v) is 5.99. The molecule has 0 amide bonds. The Morgan fingerprint density at radius 2 is 1.11 bits per heavy atom. The van der Waals surface area contributed by atoms with Crippen molar-refractivity contribution in [1.82, 2.24) is 0 Å². The third-order valence-electron chi connectivity index (χ3n) is 8.79. The number of carboxylic acid groups (broad SMARTS) is 1. The first-order chi connectivity index (χ1) is 30.5. The van der Waals surface area contributed by atoms with Gasteiger partial charge >= 0.3 is 25.7 Å². The first-order valence-electron chi connectivity index (χ1n) is 22.7. The highest BCUT2D eigenvalue weighted by Gasteiger charge is 2.28. The number of unbranched alkanes of at least 4 members (excludes halogenated alkanes) is 6. The first kappa shape index (κ1) is 58.8. The Bertz CT molecular complexity index is 1540. The summed E-state index contributed by atoms with van der Waals surface area (Å²) >= 11 is 0. The lowest BCUT2D eigenvalue weighted by atomic mass is 10.1. The van der Waals surface area contributed by atoms with Crippen LogP contribution in [0.15, 0.2) is 122 Å². The molecule has 0 saturated heterocycles. The molecule has 0 heterocycles. The summed E-state index contributed by atoms with van der Waals surface area (Å²) in [6.45, 7) is 2.43. The lowest BCUT2D eigenvalue weighted by molar-refractivity contribution is -0.161. The van der Waals surface area contributed by atoms with Crippen molar-refractivity contribution in [2.45, 2.75) is 154 Å². The number of nitrogens with two attached hydrogens (primary N) is 1. The number of phosphoric acid groups is 1. The van der Waals surface area contributed by atoms with Gasteiger partial charge in [-0.15, -0.1) is 0 Å². The van der Waals surface area contributed by atoms with Crippen LogP contribution in [0.3, 0.4) is 0 Å². The van der Waals surface area contributed by atoms with Gasteiger partial charge in [0, 0.05) is 12.8 Å². The number of ether oxygens (including phenoxy) is 2. The fourth-order valence-electron chi connectivity index (χ4n) is 5.21. The molecule has 5 N–H and O–H groups in total. The number of phosphoric ester groups is 1. The zero-order valence-corrected chi connectivity index (χ0v) is 38.9. The van der Waals surface area contributed by atoms with Crippen LogP contribution in [0.2, 0.25) is 0 Å². The van der Waals surface area contributed by atoms with Crippen molar-refractivity contribution >= 4 is 25.7 Å². The second-order valence-corrected chi connectivity index (χ2v) is 16.1. The van der Waals surface area contributed by atoms with E-state index in [2.05, 4.69) is 79.1 Å². The van der Waals surface area contributed by atoms with Gasteiger partial charge in [-0.25, -0.2) is 4.57 Å². The highest BCUT2D eigenvalue weighted by Crippen LogP contribution is 2.43. The van der Waals surface area contributed by atoms with Gasteiger partial charge in [0.2, 0.25) is 0 Å². The van der Waals surface area contributed by atoms with Crippen LogP contribution in [-0.4, -0.2) is 71.1 Å². The molecule has 0 bridgehead atoms. The van der Waals surface area contributed by atoms with Crippen LogP contribution in [0.25, 0.3) is 0 Å². The quantitative estimate of drug-likeness (QED) is 0.0150. The van der Waals surface area contributed by atoms with Crippen LogP contribution in [0, 0.1) is 0 Å². The van der Waals surface area contributed by atoms with Crippen molar-refractivity contribution in [3.63, 3.8) is 0 Å². The van der Waals surface area contributed by atoms with E-state index >= 15 is 0 Å². The van der Waals surface area contributed by atoms with Crippen molar-refractivity contribution < 1.29 is 52.6 Å². The van der Waals surface area contributed by atoms with Gasteiger partial charge in [0.15, 0.2) is 6.10 Å². The van der Waals surface area contributed by atoms with Gasteiger partial charge in [-0.2, -0.15) is 0 Å². The van der Waals surface area contributed by atoms with Gasteiger partial charge in [0.1, 0.15) is 12.6 Å². The van der Waals surface area contributed by atoms with Crippen LogP contribution in [0.4, 0.5) is 0 Å². The van der Waals surface area contributed by atoms with Crippen molar-refractivity contribution in [2.75, 3.05) is 19.8 Å². The number of aliphatic hydroxyl groups is 1. The molecule has 0 aromatic rings. The van der Waals surface area contributed by atoms with Gasteiger partial charge in [-0.05, 0) is 89.9 Å². The summed E-state index contributed by atoms with van der Waals surface area (Å²) in [4.78, 5) is 46.0. The number of allylic oxidation sites excluding steroid dienone is 18. The predicted molar refractivity (Wildman–Crippen MR) is 255 cm³/mol. The number of esters is 2. The molecule has 12 nitrogen and oxygen atoms in total. The smallest absolute Gasteiger partial charge is 0.472 e. The maximum atomic E-state index is 12.6. The third-order valence-corrected chi connectivity index (χ3v) is 9.74. The maximum Gasteiger partial charge on any atom is 0.472 e. The second-order valence-electron chi connectivity index (χ2n) is 14.6. The Labute approximate surface area is 378 Å². The molecular formula is C50H78NO11P. The third kappa shape index (κ3) is 42.9. The van der Waals surface area contributed by atoms with E-state index < -0.39 is 63.8 Å². The summed E-state index contributed by atoms with van der Waals surface area (Å²) in [7, 11) is -4.77. The number of carbonyl (C=O) groups is 3. The Kier molecular flexibility index (Phi) is 40.3. The number of carbonyl (C=O) groups excluding carboxylic acids is 2. The minimum absolute atomic E-state index is 0.00512. The van der Waals surface area contributed by atoms with E-state index in [4.69, 9.17) is 24.8 Å². The molecule has 63 heavy (non-hydrogen) atoms. The van der Waals surface area contributed by atoms with E-state index in [1.807, 2.05) is 54.7 Å². The van der Waals surface area contributed by atoms with Crippen LogP contribution in [-0.2, 0) is 37.5 Å². The second kappa shape index (κ2) is 43.1. The average Bonchev–Trinajstić information content (AvgIpc) is 3.25. The molecule has 0 radical (unpaired) electrons. The average molecular weight is 900 g/mol. The van der Waals surface area contributed by atoms with Crippen molar-refractivity contribution in [2.24, 2.45) is 5.73 Å². The van der Waals surface area contributed by atoms with Crippen molar-refractivity contribution in [3.05, 3.63) is 122 Å². The summed E-state index contributed by atoms with van der Waals surface area (Å²) in [6, 6.07) is -1.55. The Morgan fingerprint density at radius 1 is 0.587 bits per heavy atom. The number of hydrogen-bond acceptors (Lipinski definition) is 10. The monoisotopic (exact) mass is 900 g/mol. The summed E-state index contributed by atoms with van der Waals surface area (Å²) < 4.78 is 32.6. The maximum absolute atomic E-state index is 12.6. The minimum Gasteiger partial charge on any atom is -0.480 e. The lowest BCUT2D eigenvalue weighted by Gasteiger charge is -2.20. The SMILES string of the molecule is CC/C=C\CC(O)/C=C/C=C/C/C=C\C/C=C\C/C=C\CCC(=O)O[C@H](COC(=O)CCCCC/C=C\C/C=C\C/C=C\C/C=C\CCCCC)COP(=O)(O)OC[C@H](N)C(=O)O. The summed E-state index contributed by atoms with van der Waals surface area (Å²) in [5.41, 5.74) is 5.33. The first-order valence-corrected chi connectivity index (χ1v) is 24.2. The molecule has 4 atom stereocenters. The molecule has 354 valence electrons. The van der Waals surface area contributed by atoms with E-state index in [1.54, 1.807) is 6.08 Å². The van der Waals surface area contributed by atoms with E-state index in [1.165, 1.54) is 19.3 Å². The van der Waals surface area contributed by atoms with Gasteiger partial charge in [0.05, 0.1) is 19.3 Å². The van der Waals surface area contributed by atoms with Gasteiger partial charge < -0.3 is 30.3 Å².